The third-order valence-electron chi connectivity index (χ3n) is 6.11. The zero-order valence-corrected chi connectivity index (χ0v) is 21.4. The monoisotopic (exact) mass is 489 g/mol. The standard InChI is InChI=1S/C23H31N5O3S2/c1-5-26-9-11-27(12-10-26)20-17(16(3)18(15-24)21(29)25(20)4)14-19-22(30)28(23(32)33-19)8-7-13-31-6-2/h14H,5-13H2,1-4H3/b19-14-. The van der Waals surface area contributed by atoms with Crippen molar-refractivity contribution in [3.8, 4) is 6.07 Å². The molecule has 0 N–H and O–H groups in total. The number of carbonyl (C=O) groups excluding carboxylic acids is 1. The van der Waals surface area contributed by atoms with Crippen molar-refractivity contribution in [2.75, 3.05) is 57.4 Å². The molecular weight excluding hydrogens is 458 g/mol. The van der Waals surface area contributed by atoms with E-state index in [0.717, 1.165) is 44.1 Å². The second-order valence-corrected chi connectivity index (χ2v) is 9.69. The van der Waals surface area contributed by atoms with Crippen LogP contribution in [0.15, 0.2) is 9.70 Å². The van der Waals surface area contributed by atoms with Gasteiger partial charge in [0.15, 0.2) is 0 Å². The highest BCUT2D eigenvalue weighted by atomic mass is 32.2. The van der Waals surface area contributed by atoms with Crippen LogP contribution in [0.4, 0.5) is 5.82 Å². The fourth-order valence-corrected chi connectivity index (χ4v) is 5.45. The molecule has 0 saturated carbocycles. The predicted molar refractivity (Wildman–Crippen MR) is 136 cm³/mol. The van der Waals surface area contributed by atoms with Crippen LogP contribution >= 0.6 is 24.0 Å². The maximum Gasteiger partial charge on any atom is 0.270 e. The molecule has 1 aromatic rings. The van der Waals surface area contributed by atoms with E-state index in [0.29, 0.717) is 41.0 Å². The molecule has 0 unspecified atom stereocenters. The number of anilines is 1. The van der Waals surface area contributed by atoms with Gasteiger partial charge in [-0.2, -0.15) is 5.26 Å². The van der Waals surface area contributed by atoms with Gasteiger partial charge in [-0.25, -0.2) is 0 Å². The molecule has 2 fully saturated rings. The zero-order chi connectivity index (χ0) is 24.1. The second kappa shape index (κ2) is 11.3. The van der Waals surface area contributed by atoms with E-state index in [-0.39, 0.29) is 17.0 Å². The minimum Gasteiger partial charge on any atom is -0.382 e. The highest BCUT2D eigenvalue weighted by molar-refractivity contribution is 8.26. The van der Waals surface area contributed by atoms with Crippen molar-refractivity contribution in [1.29, 1.82) is 5.26 Å². The van der Waals surface area contributed by atoms with Crippen molar-refractivity contribution >= 4 is 46.1 Å². The van der Waals surface area contributed by atoms with Crippen molar-refractivity contribution < 1.29 is 9.53 Å². The number of rotatable bonds is 8. The molecule has 0 atom stereocenters. The van der Waals surface area contributed by atoms with Gasteiger partial charge in [-0.15, -0.1) is 0 Å². The lowest BCUT2D eigenvalue weighted by Gasteiger charge is -2.37. The number of nitrogens with zero attached hydrogens (tertiary/aromatic N) is 5. The number of piperazine rings is 1. The number of hydrogen-bond donors (Lipinski definition) is 0. The third-order valence-corrected chi connectivity index (χ3v) is 7.49. The number of amides is 1. The Morgan fingerprint density at radius 2 is 1.91 bits per heavy atom. The van der Waals surface area contributed by atoms with Gasteiger partial charge in [-0.1, -0.05) is 30.9 Å². The molecule has 0 radical (unpaired) electrons. The van der Waals surface area contributed by atoms with Crippen LogP contribution in [-0.4, -0.2) is 77.1 Å². The SMILES string of the molecule is CCOCCCN1C(=O)/C(=C/c2c(C)c(C#N)c(=O)n(C)c2N2CCN(CC)CC2)SC1=S. The number of nitriles is 1. The first-order valence-electron chi connectivity index (χ1n) is 11.3. The Morgan fingerprint density at radius 3 is 2.52 bits per heavy atom. The van der Waals surface area contributed by atoms with Crippen LogP contribution in [0.25, 0.3) is 6.08 Å². The van der Waals surface area contributed by atoms with Crippen LogP contribution in [0.5, 0.6) is 0 Å². The molecule has 0 aliphatic carbocycles. The van der Waals surface area contributed by atoms with Crippen molar-refractivity contribution in [1.82, 2.24) is 14.4 Å². The van der Waals surface area contributed by atoms with Crippen molar-refractivity contribution in [3.05, 3.63) is 31.9 Å². The number of hydrogen-bond acceptors (Lipinski definition) is 8. The molecule has 3 heterocycles. The number of carbonyl (C=O) groups is 1. The van der Waals surface area contributed by atoms with Crippen molar-refractivity contribution in [2.24, 2.45) is 7.05 Å². The lowest BCUT2D eigenvalue weighted by molar-refractivity contribution is -0.122. The van der Waals surface area contributed by atoms with Gasteiger partial charge in [0.05, 0.1) is 4.91 Å². The van der Waals surface area contributed by atoms with Gasteiger partial charge in [0, 0.05) is 58.5 Å². The Hall–Kier alpha value is -2.19. The first-order chi connectivity index (χ1) is 15.8. The Balaban J connectivity index is 2.00. The maximum absolute atomic E-state index is 13.1. The number of pyridine rings is 1. The van der Waals surface area contributed by atoms with E-state index < -0.39 is 0 Å². The molecular formula is C23H31N5O3S2. The Labute approximate surface area is 204 Å². The lowest BCUT2D eigenvalue weighted by atomic mass is 10.0. The number of aromatic nitrogens is 1. The number of likely N-dealkylation sites (N-methyl/N-ethyl adjacent to an activating group) is 1. The van der Waals surface area contributed by atoms with Gasteiger partial charge in [0.2, 0.25) is 0 Å². The van der Waals surface area contributed by atoms with Crippen LogP contribution in [0.3, 0.4) is 0 Å². The van der Waals surface area contributed by atoms with E-state index in [2.05, 4.69) is 22.8 Å². The van der Waals surface area contributed by atoms with Crippen LogP contribution in [-0.2, 0) is 16.6 Å². The first kappa shape index (κ1) is 25.4. The normalized spacial score (nSPS) is 18.5. The summed E-state index contributed by atoms with van der Waals surface area (Å²) in [6.07, 6.45) is 2.51. The summed E-state index contributed by atoms with van der Waals surface area (Å²) >= 11 is 6.73. The Morgan fingerprint density at radius 1 is 1.21 bits per heavy atom. The summed E-state index contributed by atoms with van der Waals surface area (Å²) in [5.74, 6) is 0.601. The van der Waals surface area contributed by atoms with Crippen LogP contribution in [0.1, 0.15) is 37.0 Å². The summed E-state index contributed by atoms with van der Waals surface area (Å²) in [4.78, 5) is 32.7. The summed E-state index contributed by atoms with van der Waals surface area (Å²) < 4.78 is 7.44. The Bertz CT molecular complexity index is 1050. The number of thiocarbonyl (C=S) groups is 1. The van der Waals surface area contributed by atoms with E-state index in [1.165, 1.54) is 11.8 Å². The van der Waals surface area contributed by atoms with Gasteiger partial charge in [-0.3, -0.25) is 19.1 Å². The zero-order valence-electron chi connectivity index (χ0n) is 19.7. The van der Waals surface area contributed by atoms with E-state index in [4.69, 9.17) is 17.0 Å². The van der Waals surface area contributed by atoms with E-state index in [1.807, 2.05) is 6.92 Å². The van der Waals surface area contributed by atoms with Crippen molar-refractivity contribution in [3.63, 3.8) is 0 Å². The fraction of sp³-hybridized carbons (Fsp3) is 0.565. The number of thioether (sulfide) groups is 1. The maximum atomic E-state index is 13.1. The molecule has 1 aromatic heterocycles. The molecule has 178 valence electrons. The van der Waals surface area contributed by atoms with Gasteiger partial charge in [-0.05, 0) is 38.5 Å². The molecule has 2 aliphatic heterocycles. The molecule has 1 amide bonds. The number of ether oxygens (including phenoxy) is 1. The van der Waals surface area contributed by atoms with Gasteiger partial charge >= 0.3 is 0 Å². The summed E-state index contributed by atoms with van der Waals surface area (Å²) in [5.41, 5.74) is 1.11. The van der Waals surface area contributed by atoms with Crippen LogP contribution < -0.4 is 10.5 Å². The molecule has 0 bridgehead atoms. The van der Waals surface area contributed by atoms with Gasteiger partial charge in [0.25, 0.3) is 11.5 Å². The molecule has 0 spiro atoms. The van der Waals surface area contributed by atoms with E-state index >= 15 is 0 Å². The van der Waals surface area contributed by atoms with Crippen LogP contribution in [0.2, 0.25) is 0 Å². The highest BCUT2D eigenvalue weighted by Crippen LogP contribution is 2.35. The largest absolute Gasteiger partial charge is 0.382 e. The minimum atomic E-state index is -0.316. The van der Waals surface area contributed by atoms with Gasteiger partial charge in [0.1, 0.15) is 21.8 Å². The quantitative estimate of drug-likeness (QED) is 0.313. The fourth-order valence-electron chi connectivity index (χ4n) is 4.16. The van der Waals surface area contributed by atoms with E-state index in [1.54, 1.807) is 29.5 Å². The summed E-state index contributed by atoms with van der Waals surface area (Å²) in [5, 5.41) is 9.64. The minimum absolute atomic E-state index is 0.104. The molecule has 8 nitrogen and oxygen atoms in total. The topological polar surface area (TPSA) is 81.8 Å². The summed E-state index contributed by atoms with van der Waals surface area (Å²) in [6, 6.07) is 2.05. The molecule has 2 aliphatic rings. The predicted octanol–water partition coefficient (Wildman–Crippen LogP) is 2.34. The second-order valence-electron chi connectivity index (χ2n) is 8.02. The lowest BCUT2D eigenvalue weighted by Crippen LogP contribution is -2.48. The van der Waals surface area contributed by atoms with Crippen LogP contribution in [0, 0.1) is 18.3 Å². The van der Waals surface area contributed by atoms with Crippen molar-refractivity contribution in [2.45, 2.75) is 27.2 Å². The van der Waals surface area contributed by atoms with Gasteiger partial charge < -0.3 is 14.5 Å². The molecule has 10 heteroatoms. The van der Waals surface area contributed by atoms with E-state index in [9.17, 15) is 14.9 Å². The molecule has 33 heavy (non-hydrogen) atoms. The Kier molecular flexibility index (Phi) is 8.70. The average molecular weight is 490 g/mol. The third kappa shape index (κ3) is 5.32. The molecule has 2 saturated heterocycles. The first-order valence-corrected chi connectivity index (χ1v) is 12.5. The molecule has 0 aromatic carbocycles. The average Bonchev–Trinajstić information content (AvgIpc) is 3.08. The molecule has 3 rings (SSSR count). The highest BCUT2D eigenvalue weighted by Gasteiger charge is 2.33. The summed E-state index contributed by atoms with van der Waals surface area (Å²) in [7, 11) is 1.69. The summed E-state index contributed by atoms with van der Waals surface area (Å²) in [6.45, 7) is 11.9. The smallest absolute Gasteiger partial charge is 0.270 e.